The van der Waals surface area contributed by atoms with Gasteiger partial charge in [0, 0.05) is 23.5 Å². The van der Waals surface area contributed by atoms with Crippen molar-refractivity contribution >= 4 is 16.3 Å². The van der Waals surface area contributed by atoms with Crippen LogP contribution in [0.1, 0.15) is 6.92 Å². The number of rotatable bonds is 4. The third-order valence-corrected chi connectivity index (χ3v) is 4.25. The van der Waals surface area contributed by atoms with Crippen molar-refractivity contribution in [2.75, 3.05) is 6.61 Å². The smallest absolute Gasteiger partial charge is 0.235 e. The molecule has 0 spiro atoms. The molecule has 0 saturated carbocycles. The molecule has 4 rings (SSSR count). The van der Waals surface area contributed by atoms with Gasteiger partial charge in [-0.05, 0) is 31.2 Å². The molecule has 114 valence electrons. The molecular weight excluding hydrogens is 310 g/mol. The fraction of sp³-hybridized carbons (Fsp3) is 0.125. The van der Waals surface area contributed by atoms with Crippen LogP contribution in [-0.2, 0) is 0 Å². The maximum absolute atomic E-state index is 5.55. The van der Waals surface area contributed by atoms with Gasteiger partial charge in [-0.2, -0.15) is 9.61 Å². The van der Waals surface area contributed by atoms with Gasteiger partial charge in [0.2, 0.25) is 4.96 Å². The van der Waals surface area contributed by atoms with E-state index in [9.17, 15) is 0 Å². The van der Waals surface area contributed by atoms with Crippen molar-refractivity contribution in [3.05, 3.63) is 48.8 Å². The molecule has 4 aromatic rings. The summed E-state index contributed by atoms with van der Waals surface area (Å²) in [4.78, 5) is 4.87. The fourth-order valence-electron chi connectivity index (χ4n) is 2.29. The van der Waals surface area contributed by atoms with Crippen molar-refractivity contribution < 1.29 is 4.74 Å². The van der Waals surface area contributed by atoms with Crippen molar-refractivity contribution in [2.45, 2.75) is 6.92 Å². The molecule has 0 radical (unpaired) electrons. The molecule has 0 saturated heterocycles. The zero-order chi connectivity index (χ0) is 15.6. The zero-order valence-corrected chi connectivity index (χ0v) is 13.2. The van der Waals surface area contributed by atoms with Gasteiger partial charge in [-0.15, -0.1) is 10.2 Å². The molecule has 3 aromatic heterocycles. The maximum Gasteiger partial charge on any atom is 0.235 e. The number of benzene rings is 1. The van der Waals surface area contributed by atoms with Crippen LogP contribution in [0.25, 0.3) is 26.9 Å². The lowest BCUT2D eigenvalue weighted by atomic mass is 10.2. The van der Waals surface area contributed by atoms with Gasteiger partial charge in [-0.3, -0.25) is 4.98 Å². The van der Waals surface area contributed by atoms with Crippen LogP contribution in [0.2, 0.25) is 0 Å². The number of hydrogen-bond acceptors (Lipinski definition) is 6. The summed E-state index contributed by atoms with van der Waals surface area (Å²) < 4.78 is 7.30. The topological polar surface area (TPSA) is 65.2 Å². The molecule has 0 aliphatic carbocycles. The molecule has 0 N–H and O–H groups in total. The van der Waals surface area contributed by atoms with E-state index in [2.05, 4.69) is 20.3 Å². The van der Waals surface area contributed by atoms with E-state index >= 15 is 0 Å². The average molecular weight is 323 g/mol. The van der Waals surface area contributed by atoms with Gasteiger partial charge in [-0.25, -0.2) is 0 Å². The second-order valence-electron chi connectivity index (χ2n) is 4.83. The Hall–Kier alpha value is -2.80. The minimum Gasteiger partial charge on any atom is -0.494 e. The average Bonchev–Trinajstić information content (AvgIpc) is 3.17. The molecule has 0 fully saturated rings. The maximum atomic E-state index is 5.55. The second kappa shape index (κ2) is 5.77. The summed E-state index contributed by atoms with van der Waals surface area (Å²) in [5.41, 5.74) is 1.89. The van der Waals surface area contributed by atoms with E-state index < -0.39 is 0 Å². The van der Waals surface area contributed by atoms with Crippen molar-refractivity contribution in [1.29, 1.82) is 0 Å². The molecular formula is C16H13N5OS. The Morgan fingerprint density at radius 1 is 1.13 bits per heavy atom. The third-order valence-electron chi connectivity index (χ3n) is 3.30. The van der Waals surface area contributed by atoms with Crippen LogP contribution in [0.3, 0.4) is 0 Å². The molecule has 23 heavy (non-hydrogen) atoms. The zero-order valence-electron chi connectivity index (χ0n) is 12.4. The Balaban J connectivity index is 1.78. The molecule has 0 unspecified atom stereocenters. The predicted octanol–water partition coefficient (Wildman–Crippen LogP) is 3.31. The molecule has 0 aliphatic heterocycles. The normalized spacial score (nSPS) is 11.0. The van der Waals surface area contributed by atoms with E-state index in [4.69, 9.17) is 4.74 Å². The van der Waals surface area contributed by atoms with E-state index in [0.717, 1.165) is 26.8 Å². The minimum atomic E-state index is 0.639. The van der Waals surface area contributed by atoms with Crippen LogP contribution < -0.4 is 4.74 Å². The Morgan fingerprint density at radius 3 is 2.87 bits per heavy atom. The van der Waals surface area contributed by atoms with Gasteiger partial charge < -0.3 is 4.74 Å². The monoisotopic (exact) mass is 323 g/mol. The first kappa shape index (κ1) is 13.8. The Morgan fingerprint density at radius 2 is 2.04 bits per heavy atom. The lowest BCUT2D eigenvalue weighted by molar-refractivity contribution is 0.340. The lowest BCUT2D eigenvalue weighted by Gasteiger charge is -2.03. The predicted molar refractivity (Wildman–Crippen MR) is 88.5 cm³/mol. The van der Waals surface area contributed by atoms with Crippen molar-refractivity contribution in [3.8, 4) is 27.7 Å². The van der Waals surface area contributed by atoms with Gasteiger partial charge >= 0.3 is 0 Å². The van der Waals surface area contributed by atoms with E-state index in [0.29, 0.717) is 12.4 Å². The highest BCUT2D eigenvalue weighted by atomic mass is 32.1. The summed E-state index contributed by atoms with van der Waals surface area (Å²) in [6.45, 7) is 2.61. The first-order valence-electron chi connectivity index (χ1n) is 7.21. The van der Waals surface area contributed by atoms with Gasteiger partial charge in [0.15, 0.2) is 5.82 Å². The summed E-state index contributed by atoms with van der Waals surface area (Å²) >= 11 is 1.49. The van der Waals surface area contributed by atoms with Crippen LogP contribution in [-0.4, -0.2) is 31.4 Å². The number of aromatic nitrogens is 5. The van der Waals surface area contributed by atoms with E-state index in [-0.39, 0.29) is 0 Å². The van der Waals surface area contributed by atoms with Gasteiger partial charge in [-0.1, -0.05) is 23.5 Å². The van der Waals surface area contributed by atoms with Crippen LogP contribution in [0.4, 0.5) is 0 Å². The molecule has 0 amide bonds. The largest absolute Gasteiger partial charge is 0.494 e. The summed E-state index contributed by atoms with van der Waals surface area (Å²) in [6, 6.07) is 11.7. The molecule has 0 bridgehead atoms. The molecule has 3 heterocycles. The Bertz CT molecular complexity index is 947. The number of ether oxygens (including phenoxy) is 1. The van der Waals surface area contributed by atoms with E-state index in [1.807, 2.05) is 43.3 Å². The number of fused-ring (bicyclic) bond motifs is 1. The first-order chi connectivity index (χ1) is 11.3. The Labute approximate surface area is 136 Å². The fourth-order valence-corrected chi connectivity index (χ4v) is 3.13. The Kier molecular flexibility index (Phi) is 3.47. The first-order valence-corrected chi connectivity index (χ1v) is 8.02. The molecule has 0 atom stereocenters. The highest BCUT2D eigenvalue weighted by Gasteiger charge is 2.14. The molecule has 0 aliphatic rings. The molecule has 6 nitrogen and oxygen atoms in total. The minimum absolute atomic E-state index is 0.639. The summed E-state index contributed by atoms with van der Waals surface area (Å²) in [5.74, 6) is 1.53. The highest BCUT2D eigenvalue weighted by molar-refractivity contribution is 7.19. The van der Waals surface area contributed by atoms with Crippen molar-refractivity contribution in [1.82, 2.24) is 24.8 Å². The quantitative estimate of drug-likeness (QED) is 0.576. The molecule has 1 aromatic carbocycles. The summed E-state index contributed by atoms with van der Waals surface area (Å²) in [7, 11) is 0. The summed E-state index contributed by atoms with van der Waals surface area (Å²) in [6.07, 6.45) is 3.48. The number of pyridine rings is 1. The van der Waals surface area contributed by atoms with Crippen molar-refractivity contribution in [3.63, 3.8) is 0 Å². The van der Waals surface area contributed by atoms with E-state index in [1.165, 1.54) is 11.3 Å². The second-order valence-corrected chi connectivity index (χ2v) is 5.78. The van der Waals surface area contributed by atoms with Crippen LogP contribution in [0.15, 0.2) is 48.8 Å². The van der Waals surface area contributed by atoms with Crippen LogP contribution in [0, 0.1) is 0 Å². The highest BCUT2D eigenvalue weighted by Crippen LogP contribution is 2.29. The van der Waals surface area contributed by atoms with Gasteiger partial charge in [0.05, 0.1) is 6.61 Å². The third kappa shape index (κ3) is 2.55. The summed E-state index contributed by atoms with van der Waals surface area (Å²) in [5, 5.41) is 13.9. The van der Waals surface area contributed by atoms with Crippen molar-refractivity contribution in [2.24, 2.45) is 0 Å². The van der Waals surface area contributed by atoms with Gasteiger partial charge in [0.1, 0.15) is 10.8 Å². The van der Waals surface area contributed by atoms with Gasteiger partial charge in [0.25, 0.3) is 0 Å². The van der Waals surface area contributed by atoms with E-state index in [1.54, 1.807) is 16.9 Å². The standard InChI is InChI=1S/C16H13N5OS/c1-2-22-13-7-3-5-11(9-13)15-20-21-14(18-19-16(21)23-15)12-6-4-8-17-10-12/h3-10H,2H2,1H3. The molecule has 7 heteroatoms. The SMILES string of the molecule is CCOc1cccc(-c2nn3c(-c4cccnc4)nnc3s2)c1. The van der Waals surface area contributed by atoms with Crippen LogP contribution in [0.5, 0.6) is 5.75 Å². The van der Waals surface area contributed by atoms with Crippen LogP contribution >= 0.6 is 11.3 Å². The number of hydrogen-bond donors (Lipinski definition) is 0. The lowest BCUT2D eigenvalue weighted by Crippen LogP contribution is -1.92. The number of nitrogens with zero attached hydrogens (tertiary/aromatic N) is 5.